The van der Waals surface area contributed by atoms with Crippen LogP contribution in [0.4, 0.5) is 17.1 Å². The molecule has 0 radical (unpaired) electrons. The van der Waals surface area contributed by atoms with Gasteiger partial charge in [0, 0.05) is 29.7 Å². The number of amides is 2. The number of nitro groups is 1. The molecule has 146 valence electrons. The van der Waals surface area contributed by atoms with Crippen LogP contribution >= 0.6 is 11.6 Å². The maximum absolute atomic E-state index is 12.6. The van der Waals surface area contributed by atoms with E-state index in [0.717, 1.165) is 5.56 Å². The van der Waals surface area contributed by atoms with E-state index in [4.69, 9.17) is 16.3 Å². The molecule has 1 N–H and O–H groups in total. The second-order valence-corrected chi connectivity index (χ2v) is 6.88. The molecule has 28 heavy (non-hydrogen) atoms. The predicted octanol–water partition coefficient (Wildman–Crippen LogP) is 3.56. The Morgan fingerprint density at radius 1 is 1.32 bits per heavy atom. The SMILES string of the molecule is COc1cc([N+](=O)[O-])ccc1NC(=O)C1CC(=O)N(c2ccc(C)c(Cl)c2)C1. The molecule has 2 amide bonds. The van der Waals surface area contributed by atoms with Crippen LogP contribution in [-0.2, 0) is 9.59 Å². The van der Waals surface area contributed by atoms with Gasteiger partial charge in [0.25, 0.3) is 5.69 Å². The number of methoxy groups -OCH3 is 1. The third-order valence-electron chi connectivity index (χ3n) is 4.62. The minimum absolute atomic E-state index is 0.0621. The Morgan fingerprint density at radius 2 is 2.07 bits per heavy atom. The first kappa shape index (κ1) is 19.6. The highest BCUT2D eigenvalue weighted by molar-refractivity contribution is 6.31. The molecule has 1 saturated heterocycles. The summed E-state index contributed by atoms with van der Waals surface area (Å²) >= 11 is 6.14. The summed E-state index contributed by atoms with van der Waals surface area (Å²) in [5, 5.41) is 14.1. The van der Waals surface area contributed by atoms with Gasteiger partial charge in [0.2, 0.25) is 11.8 Å². The smallest absolute Gasteiger partial charge is 0.273 e. The van der Waals surface area contributed by atoms with E-state index in [-0.39, 0.29) is 36.2 Å². The summed E-state index contributed by atoms with van der Waals surface area (Å²) in [5.41, 5.74) is 1.70. The summed E-state index contributed by atoms with van der Waals surface area (Å²) in [6, 6.07) is 9.23. The van der Waals surface area contributed by atoms with Crippen molar-refractivity contribution in [1.82, 2.24) is 0 Å². The van der Waals surface area contributed by atoms with Crippen molar-refractivity contribution in [3.8, 4) is 5.75 Å². The summed E-state index contributed by atoms with van der Waals surface area (Å²) in [5.74, 6) is -0.918. The first-order valence-electron chi connectivity index (χ1n) is 8.50. The summed E-state index contributed by atoms with van der Waals surface area (Å²) < 4.78 is 5.12. The number of benzene rings is 2. The summed E-state index contributed by atoms with van der Waals surface area (Å²) in [7, 11) is 1.36. The normalized spacial score (nSPS) is 16.2. The zero-order valence-corrected chi connectivity index (χ0v) is 16.0. The minimum Gasteiger partial charge on any atom is -0.494 e. The van der Waals surface area contributed by atoms with E-state index in [2.05, 4.69) is 5.32 Å². The van der Waals surface area contributed by atoms with Crippen LogP contribution in [0.1, 0.15) is 12.0 Å². The molecule has 1 fully saturated rings. The van der Waals surface area contributed by atoms with Crippen LogP contribution < -0.4 is 15.0 Å². The van der Waals surface area contributed by atoms with Crippen molar-refractivity contribution in [2.45, 2.75) is 13.3 Å². The van der Waals surface area contributed by atoms with E-state index in [0.29, 0.717) is 16.4 Å². The number of nitrogens with one attached hydrogen (secondary N) is 1. The van der Waals surface area contributed by atoms with E-state index in [1.165, 1.54) is 30.2 Å². The molecule has 0 aliphatic carbocycles. The monoisotopic (exact) mass is 403 g/mol. The van der Waals surface area contributed by atoms with Crippen LogP contribution in [0.5, 0.6) is 5.75 Å². The summed E-state index contributed by atoms with van der Waals surface area (Å²) in [6.07, 6.45) is 0.0621. The van der Waals surface area contributed by atoms with Gasteiger partial charge in [0.05, 0.1) is 29.7 Å². The van der Waals surface area contributed by atoms with Crippen molar-refractivity contribution in [1.29, 1.82) is 0 Å². The lowest BCUT2D eigenvalue weighted by Gasteiger charge is -2.18. The Morgan fingerprint density at radius 3 is 2.71 bits per heavy atom. The molecule has 1 atom stereocenters. The largest absolute Gasteiger partial charge is 0.494 e. The first-order chi connectivity index (χ1) is 13.3. The fraction of sp³-hybridized carbons (Fsp3) is 0.263. The lowest BCUT2D eigenvalue weighted by molar-refractivity contribution is -0.384. The van der Waals surface area contributed by atoms with Crippen molar-refractivity contribution >= 4 is 40.5 Å². The molecular formula is C19H18ClN3O5. The van der Waals surface area contributed by atoms with Crippen LogP contribution in [-0.4, -0.2) is 30.4 Å². The number of nitrogens with zero attached hydrogens (tertiary/aromatic N) is 2. The van der Waals surface area contributed by atoms with Crippen LogP contribution in [0.15, 0.2) is 36.4 Å². The molecule has 9 heteroatoms. The van der Waals surface area contributed by atoms with E-state index >= 15 is 0 Å². The molecule has 0 saturated carbocycles. The second kappa shape index (κ2) is 7.85. The van der Waals surface area contributed by atoms with E-state index in [1.807, 2.05) is 13.0 Å². The molecule has 3 rings (SSSR count). The molecule has 1 heterocycles. The Kier molecular flexibility index (Phi) is 5.51. The van der Waals surface area contributed by atoms with Crippen molar-refractivity contribution in [2.24, 2.45) is 5.92 Å². The van der Waals surface area contributed by atoms with Gasteiger partial charge in [0.1, 0.15) is 5.75 Å². The maximum Gasteiger partial charge on any atom is 0.273 e. The van der Waals surface area contributed by atoms with E-state index in [1.54, 1.807) is 12.1 Å². The van der Waals surface area contributed by atoms with Crippen molar-refractivity contribution in [3.63, 3.8) is 0 Å². The van der Waals surface area contributed by atoms with Crippen molar-refractivity contribution in [3.05, 3.63) is 57.1 Å². The quantitative estimate of drug-likeness (QED) is 0.607. The molecular weight excluding hydrogens is 386 g/mol. The van der Waals surface area contributed by atoms with Gasteiger partial charge in [-0.2, -0.15) is 0 Å². The predicted molar refractivity (Wildman–Crippen MR) is 105 cm³/mol. The molecule has 2 aromatic rings. The molecule has 8 nitrogen and oxygen atoms in total. The third kappa shape index (κ3) is 3.91. The maximum atomic E-state index is 12.6. The third-order valence-corrected chi connectivity index (χ3v) is 5.02. The number of hydrogen-bond donors (Lipinski definition) is 1. The van der Waals surface area contributed by atoms with Gasteiger partial charge in [-0.05, 0) is 30.7 Å². The summed E-state index contributed by atoms with van der Waals surface area (Å²) in [4.78, 5) is 36.9. The highest BCUT2D eigenvalue weighted by Crippen LogP contribution is 2.32. The Balaban J connectivity index is 1.74. The number of carbonyl (C=O) groups excluding carboxylic acids is 2. The number of non-ortho nitro benzene ring substituents is 1. The molecule has 1 aliphatic rings. The number of carbonyl (C=O) groups is 2. The van der Waals surface area contributed by atoms with Crippen LogP contribution in [0.2, 0.25) is 5.02 Å². The topological polar surface area (TPSA) is 102 Å². The zero-order valence-electron chi connectivity index (χ0n) is 15.3. The molecule has 1 aliphatic heterocycles. The number of hydrogen-bond acceptors (Lipinski definition) is 5. The Labute approximate surface area is 166 Å². The molecule has 0 aromatic heterocycles. The average Bonchev–Trinajstić information content (AvgIpc) is 3.06. The molecule has 0 bridgehead atoms. The van der Waals surface area contributed by atoms with Crippen LogP contribution in [0.25, 0.3) is 0 Å². The molecule has 2 aromatic carbocycles. The van der Waals surface area contributed by atoms with Gasteiger partial charge in [0.15, 0.2) is 0 Å². The van der Waals surface area contributed by atoms with Crippen molar-refractivity contribution < 1.29 is 19.2 Å². The van der Waals surface area contributed by atoms with Gasteiger partial charge in [-0.25, -0.2) is 0 Å². The van der Waals surface area contributed by atoms with E-state index < -0.39 is 10.8 Å². The Bertz CT molecular complexity index is 963. The highest BCUT2D eigenvalue weighted by atomic mass is 35.5. The van der Waals surface area contributed by atoms with Gasteiger partial charge < -0.3 is 15.0 Å². The zero-order chi connectivity index (χ0) is 20.4. The van der Waals surface area contributed by atoms with Crippen LogP contribution in [0.3, 0.4) is 0 Å². The van der Waals surface area contributed by atoms with Gasteiger partial charge in [-0.3, -0.25) is 19.7 Å². The van der Waals surface area contributed by atoms with Gasteiger partial charge in [-0.15, -0.1) is 0 Å². The number of ether oxygens (including phenoxy) is 1. The van der Waals surface area contributed by atoms with Gasteiger partial charge in [-0.1, -0.05) is 17.7 Å². The van der Waals surface area contributed by atoms with Crippen LogP contribution in [0, 0.1) is 23.0 Å². The number of anilines is 2. The molecule has 0 spiro atoms. The first-order valence-corrected chi connectivity index (χ1v) is 8.87. The number of aryl methyl sites for hydroxylation is 1. The highest BCUT2D eigenvalue weighted by Gasteiger charge is 2.35. The number of halogens is 1. The number of rotatable bonds is 5. The lowest BCUT2D eigenvalue weighted by Crippen LogP contribution is -2.28. The Hall–Kier alpha value is -3.13. The van der Waals surface area contributed by atoms with E-state index in [9.17, 15) is 19.7 Å². The summed E-state index contributed by atoms with van der Waals surface area (Å²) in [6.45, 7) is 2.09. The number of nitro benzene ring substituents is 1. The molecule has 1 unspecified atom stereocenters. The fourth-order valence-corrected chi connectivity index (χ4v) is 3.19. The van der Waals surface area contributed by atoms with Crippen molar-refractivity contribution in [2.75, 3.05) is 23.9 Å². The second-order valence-electron chi connectivity index (χ2n) is 6.47. The van der Waals surface area contributed by atoms with Gasteiger partial charge >= 0.3 is 0 Å². The average molecular weight is 404 g/mol. The minimum atomic E-state index is -0.563. The lowest BCUT2D eigenvalue weighted by atomic mass is 10.1. The fourth-order valence-electron chi connectivity index (χ4n) is 3.01. The standard InChI is InChI=1S/C19H18ClN3O5/c1-11-3-4-13(8-15(11)20)22-10-12(7-18(22)24)19(25)21-16-6-5-14(23(26)27)9-17(16)28-2/h3-6,8-9,12H,7,10H2,1-2H3,(H,21,25).